The van der Waals surface area contributed by atoms with Crippen LogP contribution in [0.2, 0.25) is 5.02 Å². The van der Waals surface area contributed by atoms with Crippen LogP contribution in [0.5, 0.6) is 0 Å². The van der Waals surface area contributed by atoms with Crippen molar-refractivity contribution in [2.24, 2.45) is 0 Å². The number of anilines is 3. The molecule has 1 fully saturated rings. The normalized spacial score (nSPS) is 14.0. The number of fused-ring (bicyclic) bond motifs is 1. The van der Waals surface area contributed by atoms with E-state index in [-0.39, 0.29) is 17.3 Å². The quantitative estimate of drug-likeness (QED) is 0.214. The van der Waals surface area contributed by atoms with Crippen molar-refractivity contribution in [2.45, 2.75) is 33.4 Å². The van der Waals surface area contributed by atoms with Crippen LogP contribution in [0.1, 0.15) is 20.8 Å². The molecule has 1 N–H and O–H groups in total. The Labute approximate surface area is 255 Å². The second kappa shape index (κ2) is 12.1. The van der Waals surface area contributed by atoms with Crippen molar-refractivity contribution in [1.29, 1.82) is 0 Å². The van der Waals surface area contributed by atoms with Crippen molar-refractivity contribution >= 4 is 40.0 Å². The van der Waals surface area contributed by atoms with Gasteiger partial charge < -0.3 is 10.2 Å². The van der Waals surface area contributed by atoms with Gasteiger partial charge in [-0.3, -0.25) is 14.3 Å². The second-order valence-corrected chi connectivity index (χ2v) is 11.5. The molecule has 7 nitrogen and oxygen atoms in total. The maximum absolute atomic E-state index is 15.2. The summed E-state index contributed by atoms with van der Waals surface area (Å²) in [4.78, 5) is 27.3. The van der Waals surface area contributed by atoms with Crippen LogP contribution in [0.15, 0.2) is 83.8 Å². The first-order valence-electron chi connectivity index (χ1n) is 14.6. The molecule has 0 saturated carbocycles. The molecule has 0 radical (unpaired) electrons. The fourth-order valence-electron chi connectivity index (χ4n) is 5.70. The Kier molecular flexibility index (Phi) is 8.15. The van der Waals surface area contributed by atoms with Gasteiger partial charge in [-0.05, 0) is 62.2 Å². The molecule has 2 aromatic heterocycles. The lowest BCUT2D eigenvalue weighted by atomic mass is 10.0. The Bertz CT molecular complexity index is 1830. The first kappa shape index (κ1) is 28.8. The largest absolute Gasteiger partial charge is 0.367 e. The zero-order valence-corrected chi connectivity index (χ0v) is 25.3. The predicted octanol–water partition coefficient (Wildman–Crippen LogP) is 7.21. The van der Waals surface area contributed by atoms with E-state index in [1.807, 2.05) is 61.5 Å². The monoisotopic (exact) mass is 596 g/mol. The summed E-state index contributed by atoms with van der Waals surface area (Å²) in [5.41, 5.74) is 4.59. The summed E-state index contributed by atoms with van der Waals surface area (Å²) in [5, 5.41) is 4.31. The maximum atomic E-state index is 15.2. The van der Waals surface area contributed by atoms with Gasteiger partial charge in [-0.1, -0.05) is 54.1 Å². The second-order valence-electron chi connectivity index (χ2n) is 11.0. The molecule has 0 spiro atoms. The van der Waals surface area contributed by atoms with Crippen LogP contribution in [0.25, 0.3) is 33.3 Å². The van der Waals surface area contributed by atoms with Gasteiger partial charge in [-0.25, -0.2) is 9.37 Å². The van der Waals surface area contributed by atoms with Gasteiger partial charge in [0.25, 0.3) is 5.56 Å². The van der Waals surface area contributed by atoms with Gasteiger partial charge in [-0.2, -0.15) is 4.98 Å². The lowest BCUT2D eigenvalue weighted by Crippen LogP contribution is -2.49. The zero-order valence-electron chi connectivity index (χ0n) is 24.5. The van der Waals surface area contributed by atoms with E-state index in [1.54, 1.807) is 22.9 Å². The molecule has 6 rings (SSSR count). The van der Waals surface area contributed by atoms with Crippen LogP contribution in [0.3, 0.4) is 0 Å². The van der Waals surface area contributed by atoms with Crippen molar-refractivity contribution in [3.8, 4) is 22.3 Å². The third-order valence-corrected chi connectivity index (χ3v) is 8.41. The minimum atomic E-state index is -0.297. The fourth-order valence-corrected chi connectivity index (χ4v) is 5.98. The molecule has 1 aliphatic rings. The van der Waals surface area contributed by atoms with E-state index in [0.717, 1.165) is 37.3 Å². The number of hydrogen-bond acceptors (Lipinski definition) is 6. The third-order valence-electron chi connectivity index (χ3n) is 8.10. The van der Waals surface area contributed by atoms with Gasteiger partial charge in [0.15, 0.2) is 0 Å². The summed E-state index contributed by atoms with van der Waals surface area (Å²) in [6.45, 7) is 10.1. The molecule has 0 amide bonds. The Morgan fingerprint density at radius 3 is 2.37 bits per heavy atom. The van der Waals surface area contributed by atoms with Crippen LogP contribution < -0.4 is 15.8 Å². The fraction of sp³-hybridized carbons (Fsp3) is 0.265. The molecule has 3 heterocycles. The highest BCUT2D eigenvalue weighted by Gasteiger charge is 2.21. The molecule has 1 aliphatic heterocycles. The van der Waals surface area contributed by atoms with Crippen LogP contribution in [0, 0.1) is 5.82 Å². The summed E-state index contributed by atoms with van der Waals surface area (Å²) in [7, 11) is 0. The molecule has 0 atom stereocenters. The van der Waals surface area contributed by atoms with E-state index in [1.165, 1.54) is 6.07 Å². The maximum Gasteiger partial charge on any atom is 0.260 e. The van der Waals surface area contributed by atoms with Crippen LogP contribution >= 0.6 is 11.6 Å². The van der Waals surface area contributed by atoms with Gasteiger partial charge in [0.1, 0.15) is 11.5 Å². The molecule has 0 bridgehead atoms. The average Bonchev–Trinajstić information content (AvgIpc) is 3.01. The molecular formula is C34H34ClFN6O. The van der Waals surface area contributed by atoms with E-state index in [2.05, 4.69) is 38.9 Å². The summed E-state index contributed by atoms with van der Waals surface area (Å²) in [6.07, 6.45) is 1.67. The molecular weight excluding hydrogens is 563 g/mol. The average molecular weight is 597 g/mol. The Morgan fingerprint density at radius 2 is 1.70 bits per heavy atom. The van der Waals surface area contributed by atoms with Gasteiger partial charge in [-0.15, -0.1) is 0 Å². The molecule has 3 aromatic carbocycles. The Balaban J connectivity index is 1.26. The first-order chi connectivity index (χ1) is 20.8. The Morgan fingerprint density at radius 1 is 0.930 bits per heavy atom. The number of benzene rings is 3. The standard InChI is InChI=1S/C34H34ClFN6O/c1-4-42-32-25(18-28(33(42)43)27-12-10-24(19-29(27)35)23-8-6-5-7-9-23)21-37-34(39-32)38-26-11-13-31(30(36)20-26)41-16-14-40(15-17-41)22(2)3/h5-13,18-22H,4,14-17H2,1-3H3,(H,37,38,39). The molecule has 220 valence electrons. The van der Waals surface area contributed by atoms with Crippen LogP contribution in [-0.2, 0) is 6.54 Å². The van der Waals surface area contributed by atoms with Crippen molar-refractivity contribution < 1.29 is 4.39 Å². The SMILES string of the molecule is CCn1c(=O)c(-c2ccc(-c3ccccc3)cc2Cl)cc2cnc(Nc3ccc(N4CCN(C(C)C)CC4)c(F)c3)nc21. The number of nitrogens with zero attached hydrogens (tertiary/aromatic N) is 5. The highest BCUT2D eigenvalue weighted by atomic mass is 35.5. The number of halogens is 2. The summed E-state index contributed by atoms with van der Waals surface area (Å²) in [5.74, 6) is -0.0150. The minimum absolute atomic E-state index is 0.193. The van der Waals surface area contributed by atoms with Crippen molar-refractivity contribution in [3.05, 3.63) is 100 Å². The lowest BCUT2D eigenvalue weighted by Gasteiger charge is -2.38. The summed E-state index contributed by atoms with van der Waals surface area (Å²) in [6, 6.07) is 23.1. The van der Waals surface area contributed by atoms with Crippen LogP contribution in [0.4, 0.5) is 21.7 Å². The van der Waals surface area contributed by atoms with Crippen molar-refractivity contribution in [3.63, 3.8) is 0 Å². The molecule has 5 aromatic rings. The van der Waals surface area contributed by atoms with Gasteiger partial charge in [0, 0.05) is 72.2 Å². The highest BCUT2D eigenvalue weighted by Crippen LogP contribution is 2.32. The van der Waals surface area contributed by atoms with Gasteiger partial charge in [0.2, 0.25) is 5.95 Å². The smallest absolute Gasteiger partial charge is 0.260 e. The van der Waals surface area contributed by atoms with E-state index in [4.69, 9.17) is 11.6 Å². The number of aromatic nitrogens is 3. The number of piperazine rings is 1. The molecule has 1 saturated heterocycles. The Hall–Kier alpha value is -4.27. The minimum Gasteiger partial charge on any atom is -0.367 e. The zero-order chi connectivity index (χ0) is 30.1. The number of nitrogens with one attached hydrogen (secondary N) is 1. The summed E-state index contributed by atoms with van der Waals surface area (Å²) < 4.78 is 16.8. The van der Waals surface area contributed by atoms with E-state index in [9.17, 15) is 4.79 Å². The number of aryl methyl sites for hydroxylation is 1. The van der Waals surface area contributed by atoms with E-state index >= 15 is 4.39 Å². The molecule has 0 aliphatic carbocycles. The van der Waals surface area contributed by atoms with Crippen LogP contribution in [-0.4, -0.2) is 51.7 Å². The first-order valence-corrected chi connectivity index (χ1v) is 15.0. The van der Waals surface area contributed by atoms with Gasteiger partial charge in [0.05, 0.1) is 5.69 Å². The predicted molar refractivity (Wildman–Crippen MR) is 174 cm³/mol. The third kappa shape index (κ3) is 5.85. The van der Waals surface area contributed by atoms with E-state index in [0.29, 0.717) is 51.1 Å². The number of pyridine rings is 1. The number of hydrogen-bond donors (Lipinski definition) is 1. The van der Waals surface area contributed by atoms with Gasteiger partial charge >= 0.3 is 0 Å². The topological polar surface area (TPSA) is 66.3 Å². The number of rotatable bonds is 7. The molecule has 0 unspecified atom stereocenters. The molecule has 43 heavy (non-hydrogen) atoms. The lowest BCUT2D eigenvalue weighted by molar-refractivity contribution is 0.209. The van der Waals surface area contributed by atoms with Crippen molar-refractivity contribution in [2.75, 3.05) is 36.4 Å². The summed E-state index contributed by atoms with van der Waals surface area (Å²) >= 11 is 6.72. The highest BCUT2D eigenvalue weighted by molar-refractivity contribution is 6.33. The van der Waals surface area contributed by atoms with Crippen molar-refractivity contribution in [1.82, 2.24) is 19.4 Å². The molecule has 9 heteroatoms. The van der Waals surface area contributed by atoms with E-state index < -0.39 is 0 Å².